The number of nitrogens with one attached hydrogen (secondary N) is 1. The Balaban J connectivity index is 1.99. The third-order valence-electron chi connectivity index (χ3n) is 3.38. The second-order valence-corrected chi connectivity index (χ2v) is 5.03. The van der Waals surface area contributed by atoms with Crippen molar-refractivity contribution in [3.63, 3.8) is 0 Å². The van der Waals surface area contributed by atoms with Gasteiger partial charge in [0.05, 0.1) is 0 Å². The first-order valence-electron chi connectivity index (χ1n) is 7.18. The van der Waals surface area contributed by atoms with Crippen LogP contribution in [0.2, 0.25) is 0 Å². The molecule has 0 aromatic heterocycles. The van der Waals surface area contributed by atoms with E-state index in [0.29, 0.717) is 6.42 Å². The highest BCUT2D eigenvalue weighted by Gasteiger charge is 2.04. The number of phenolic OH excluding ortho intramolecular Hbond substituents is 1. The lowest BCUT2D eigenvalue weighted by atomic mass is 10.00. The molecule has 1 amide bonds. The van der Waals surface area contributed by atoms with Crippen LogP contribution in [0.3, 0.4) is 0 Å². The molecule has 0 saturated heterocycles. The van der Waals surface area contributed by atoms with Gasteiger partial charge in [0.2, 0.25) is 5.91 Å². The first kappa shape index (κ1) is 14.4. The molecule has 2 aromatic rings. The molecule has 0 aliphatic rings. The molecule has 0 aliphatic carbocycles. The highest BCUT2D eigenvalue weighted by Crippen LogP contribution is 2.24. The number of fused-ring (bicyclic) bond motifs is 1. The molecule has 0 fully saturated rings. The molecular formula is C17H21NO2. The molecule has 0 unspecified atom stereocenters. The Labute approximate surface area is 119 Å². The van der Waals surface area contributed by atoms with Gasteiger partial charge < -0.3 is 10.4 Å². The molecule has 2 N–H and O–H groups in total. The zero-order chi connectivity index (χ0) is 14.4. The van der Waals surface area contributed by atoms with E-state index in [2.05, 4.69) is 11.4 Å². The highest BCUT2D eigenvalue weighted by molar-refractivity contribution is 5.87. The van der Waals surface area contributed by atoms with Gasteiger partial charge in [-0.05, 0) is 47.7 Å². The van der Waals surface area contributed by atoms with Gasteiger partial charge in [-0.25, -0.2) is 0 Å². The quantitative estimate of drug-likeness (QED) is 0.846. The van der Waals surface area contributed by atoms with E-state index in [4.69, 9.17) is 0 Å². The van der Waals surface area contributed by atoms with E-state index in [1.807, 2.05) is 25.1 Å². The van der Waals surface area contributed by atoms with Crippen molar-refractivity contribution in [2.75, 3.05) is 6.54 Å². The zero-order valence-corrected chi connectivity index (χ0v) is 11.9. The third kappa shape index (κ3) is 3.73. The summed E-state index contributed by atoms with van der Waals surface area (Å²) in [6.45, 7) is 2.80. The Morgan fingerprint density at radius 2 is 2.10 bits per heavy atom. The summed E-state index contributed by atoms with van der Waals surface area (Å²) < 4.78 is 0. The van der Waals surface area contributed by atoms with Gasteiger partial charge in [-0.2, -0.15) is 0 Å². The van der Waals surface area contributed by atoms with Crippen LogP contribution in [0.15, 0.2) is 36.4 Å². The van der Waals surface area contributed by atoms with Crippen molar-refractivity contribution in [2.45, 2.75) is 32.6 Å². The largest absolute Gasteiger partial charge is 0.508 e. The number of aryl methyl sites for hydroxylation is 1. The second-order valence-electron chi connectivity index (χ2n) is 5.03. The Kier molecular flexibility index (Phi) is 4.99. The highest BCUT2D eigenvalue weighted by atomic mass is 16.3. The predicted molar refractivity (Wildman–Crippen MR) is 81.9 cm³/mol. The molecule has 0 heterocycles. The Morgan fingerprint density at radius 3 is 2.90 bits per heavy atom. The Morgan fingerprint density at radius 1 is 1.25 bits per heavy atom. The summed E-state index contributed by atoms with van der Waals surface area (Å²) in [5, 5.41) is 14.7. The summed E-state index contributed by atoms with van der Waals surface area (Å²) in [6.07, 6.45) is 3.19. The normalized spacial score (nSPS) is 10.7. The lowest BCUT2D eigenvalue weighted by molar-refractivity contribution is -0.121. The van der Waals surface area contributed by atoms with Crippen LogP contribution in [0.5, 0.6) is 5.75 Å². The number of carbonyl (C=O) groups is 1. The van der Waals surface area contributed by atoms with Gasteiger partial charge in [-0.15, -0.1) is 0 Å². The van der Waals surface area contributed by atoms with Gasteiger partial charge in [0, 0.05) is 13.0 Å². The lowest BCUT2D eigenvalue weighted by Gasteiger charge is -2.07. The SMILES string of the molecule is CCCNC(=O)CCCc1cccc2ccc(O)cc12. The van der Waals surface area contributed by atoms with E-state index < -0.39 is 0 Å². The van der Waals surface area contributed by atoms with Crippen LogP contribution in [0.25, 0.3) is 10.8 Å². The molecule has 3 heteroatoms. The molecule has 3 nitrogen and oxygen atoms in total. The smallest absolute Gasteiger partial charge is 0.220 e. The first-order chi connectivity index (χ1) is 9.70. The van der Waals surface area contributed by atoms with Crippen LogP contribution in [0.4, 0.5) is 0 Å². The minimum Gasteiger partial charge on any atom is -0.508 e. The van der Waals surface area contributed by atoms with Gasteiger partial charge in [-0.1, -0.05) is 31.2 Å². The van der Waals surface area contributed by atoms with Crippen LogP contribution in [-0.2, 0) is 11.2 Å². The monoisotopic (exact) mass is 271 g/mol. The first-order valence-corrected chi connectivity index (χ1v) is 7.18. The van der Waals surface area contributed by atoms with Crippen molar-refractivity contribution in [1.82, 2.24) is 5.32 Å². The number of aromatic hydroxyl groups is 1. The van der Waals surface area contributed by atoms with Crippen molar-refractivity contribution in [1.29, 1.82) is 0 Å². The number of phenols is 1. The minimum absolute atomic E-state index is 0.120. The summed E-state index contributed by atoms with van der Waals surface area (Å²) in [5.74, 6) is 0.403. The van der Waals surface area contributed by atoms with E-state index in [0.717, 1.165) is 36.6 Å². The van der Waals surface area contributed by atoms with Crippen LogP contribution in [0.1, 0.15) is 31.7 Å². The van der Waals surface area contributed by atoms with Gasteiger partial charge in [-0.3, -0.25) is 4.79 Å². The number of hydrogen-bond donors (Lipinski definition) is 2. The standard InChI is InChI=1S/C17H21NO2/c1-2-11-18-17(20)8-4-7-13-5-3-6-14-9-10-15(19)12-16(13)14/h3,5-6,9-10,12,19H,2,4,7-8,11H2,1H3,(H,18,20). The minimum atomic E-state index is 0.120. The second kappa shape index (κ2) is 6.94. The lowest BCUT2D eigenvalue weighted by Crippen LogP contribution is -2.23. The van der Waals surface area contributed by atoms with E-state index >= 15 is 0 Å². The summed E-state index contributed by atoms with van der Waals surface area (Å²) >= 11 is 0. The summed E-state index contributed by atoms with van der Waals surface area (Å²) in [6, 6.07) is 11.5. The van der Waals surface area contributed by atoms with Crippen LogP contribution in [0, 0.1) is 0 Å². The topological polar surface area (TPSA) is 49.3 Å². The van der Waals surface area contributed by atoms with Crippen molar-refractivity contribution in [3.05, 3.63) is 42.0 Å². The fourth-order valence-electron chi connectivity index (χ4n) is 2.34. The molecule has 0 radical (unpaired) electrons. The predicted octanol–water partition coefficient (Wildman–Crippen LogP) is 3.39. The summed E-state index contributed by atoms with van der Waals surface area (Å²) in [7, 11) is 0. The number of rotatable bonds is 6. The van der Waals surface area contributed by atoms with Crippen molar-refractivity contribution in [3.8, 4) is 5.75 Å². The van der Waals surface area contributed by atoms with E-state index in [1.54, 1.807) is 12.1 Å². The summed E-state index contributed by atoms with van der Waals surface area (Å²) in [5.41, 5.74) is 1.18. The average Bonchev–Trinajstić information content (AvgIpc) is 2.45. The summed E-state index contributed by atoms with van der Waals surface area (Å²) in [4.78, 5) is 11.6. The molecule has 106 valence electrons. The van der Waals surface area contributed by atoms with E-state index in [-0.39, 0.29) is 11.7 Å². The molecular weight excluding hydrogens is 250 g/mol. The maximum atomic E-state index is 11.6. The maximum Gasteiger partial charge on any atom is 0.220 e. The van der Waals surface area contributed by atoms with Crippen LogP contribution in [-0.4, -0.2) is 17.6 Å². The molecule has 0 aliphatic heterocycles. The van der Waals surface area contributed by atoms with Gasteiger partial charge in [0.1, 0.15) is 5.75 Å². The van der Waals surface area contributed by atoms with Gasteiger partial charge >= 0.3 is 0 Å². The number of benzene rings is 2. The van der Waals surface area contributed by atoms with Gasteiger partial charge in [0.25, 0.3) is 0 Å². The fraction of sp³-hybridized carbons (Fsp3) is 0.353. The fourth-order valence-corrected chi connectivity index (χ4v) is 2.34. The molecule has 2 rings (SSSR count). The molecule has 2 aromatic carbocycles. The molecule has 0 atom stereocenters. The molecule has 0 saturated carbocycles. The molecule has 0 spiro atoms. The third-order valence-corrected chi connectivity index (χ3v) is 3.38. The molecule has 20 heavy (non-hydrogen) atoms. The van der Waals surface area contributed by atoms with Crippen molar-refractivity contribution in [2.24, 2.45) is 0 Å². The maximum absolute atomic E-state index is 11.6. The van der Waals surface area contributed by atoms with Crippen LogP contribution < -0.4 is 5.32 Å². The number of hydrogen-bond acceptors (Lipinski definition) is 2. The Hall–Kier alpha value is -2.03. The zero-order valence-electron chi connectivity index (χ0n) is 11.9. The van der Waals surface area contributed by atoms with Crippen molar-refractivity contribution >= 4 is 16.7 Å². The van der Waals surface area contributed by atoms with Crippen LogP contribution >= 0.6 is 0 Å². The molecule has 0 bridgehead atoms. The van der Waals surface area contributed by atoms with E-state index in [9.17, 15) is 9.90 Å². The van der Waals surface area contributed by atoms with Gasteiger partial charge in [0.15, 0.2) is 0 Å². The Bertz CT molecular complexity index is 593. The average molecular weight is 271 g/mol. The number of amides is 1. The number of carbonyl (C=O) groups excluding carboxylic acids is 1. The van der Waals surface area contributed by atoms with E-state index in [1.165, 1.54) is 5.56 Å². The van der Waals surface area contributed by atoms with Crippen molar-refractivity contribution < 1.29 is 9.90 Å².